The minimum atomic E-state index is -4.62. The molecular formula is C12H11F3N4S. The lowest BCUT2D eigenvalue weighted by atomic mass is 10.2. The SMILES string of the molecule is Cc1ccccc1Sc1cc(NN)nc(C(F)(F)F)n1. The van der Waals surface area contributed by atoms with Gasteiger partial charge in [-0.2, -0.15) is 13.2 Å². The van der Waals surface area contributed by atoms with Gasteiger partial charge >= 0.3 is 6.18 Å². The van der Waals surface area contributed by atoms with Crippen molar-refractivity contribution < 1.29 is 13.2 Å². The molecule has 0 atom stereocenters. The summed E-state index contributed by atoms with van der Waals surface area (Å²) in [4.78, 5) is 7.64. The number of anilines is 1. The van der Waals surface area contributed by atoms with Crippen LogP contribution in [0.1, 0.15) is 11.4 Å². The molecule has 1 aromatic heterocycles. The van der Waals surface area contributed by atoms with Crippen molar-refractivity contribution in [1.29, 1.82) is 0 Å². The molecule has 1 heterocycles. The Labute approximate surface area is 117 Å². The van der Waals surface area contributed by atoms with Gasteiger partial charge in [0.1, 0.15) is 10.8 Å². The number of alkyl halides is 3. The molecule has 106 valence electrons. The third-order valence-electron chi connectivity index (χ3n) is 2.41. The molecule has 4 nitrogen and oxygen atoms in total. The molecule has 0 fully saturated rings. The fraction of sp³-hybridized carbons (Fsp3) is 0.167. The third-order valence-corrected chi connectivity index (χ3v) is 3.51. The number of aryl methyl sites for hydroxylation is 1. The predicted octanol–water partition coefficient (Wildman–Crippen LogP) is 3.24. The molecule has 1 aromatic carbocycles. The lowest BCUT2D eigenvalue weighted by molar-refractivity contribution is -0.145. The second-order valence-electron chi connectivity index (χ2n) is 3.92. The molecule has 2 rings (SSSR count). The first-order valence-electron chi connectivity index (χ1n) is 5.56. The highest BCUT2D eigenvalue weighted by molar-refractivity contribution is 7.99. The molecule has 0 spiro atoms. The summed E-state index contributed by atoms with van der Waals surface area (Å²) >= 11 is 1.13. The fourth-order valence-corrected chi connectivity index (χ4v) is 2.37. The van der Waals surface area contributed by atoms with Crippen LogP contribution in [0.25, 0.3) is 0 Å². The van der Waals surface area contributed by atoms with E-state index in [2.05, 4.69) is 15.4 Å². The zero-order valence-electron chi connectivity index (χ0n) is 10.4. The Morgan fingerprint density at radius 3 is 2.50 bits per heavy atom. The van der Waals surface area contributed by atoms with E-state index in [1.54, 1.807) is 0 Å². The van der Waals surface area contributed by atoms with Gasteiger partial charge in [0, 0.05) is 11.0 Å². The number of benzene rings is 1. The number of nitrogens with two attached hydrogens (primary N) is 1. The van der Waals surface area contributed by atoms with Crippen LogP contribution < -0.4 is 11.3 Å². The summed E-state index contributed by atoms with van der Waals surface area (Å²) in [6.45, 7) is 1.87. The van der Waals surface area contributed by atoms with E-state index in [0.29, 0.717) is 0 Å². The van der Waals surface area contributed by atoms with Crippen LogP contribution in [0, 0.1) is 6.92 Å². The Hall–Kier alpha value is -1.80. The Balaban J connectivity index is 2.39. The first-order valence-corrected chi connectivity index (χ1v) is 6.38. The number of hydrogen-bond donors (Lipinski definition) is 2. The normalized spacial score (nSPS) is 11.4. The van der Waals surface area contributed by atoms with E-state index in [0.717, 1.165) is 22.2 Å². The van der Waals surface area contributed by atoms with Gasteiger partial charge in [-0.1, -0.05) is 30.0 Å². The van der Waals surface area contributed by atoms with Crippen LogP contribution >= 0.6 is 11.8 Å². The summed E-state index contributed by atoms with van der Waals surface area (Å²) in [6, 6.07) is 8.71. The largest absolute Gasteiger partial charge is 0.451 e. The van der Waals surface area contributed by atoms with Crippen molar-refractivity contribution in [1.82, 2.24) is 9.97 Å². The lowest BCUT2D eigenvalue weighted by Crippen LogP contribution is -2.16. The van der Waals surface area contributed by atoms with Crippen LogP contribution in [0.5, 0.6) is 0 Å². The van der Waals surface area contributed by atoms with Crippen molar-refractivity contribution in [2.75, 3.05) is 5.43 Å². The standard InChI is InChI=1S/C12H11F3N4S/c1-7-4-2-3-5-8(7)20-10-6-9(19-16)17-11(18-10)12(13,14)15/h2-6H,16H2,1H3,(H,17,18,19). The molecule has 0 saturated heterocycles. The van der Waals surface area contributed by atoms with Gasteiger partial charge < -0.3 is 5.43 Å². The Morgan fingerprint density at radius 2 is 1.90 bits per heavy atom. The molecule has 0 aliphatic carbocycles. The number of nitrogens with one attached hydrogen (secondary N) is 1. The second-order valence-corrected chi connectivity index (χ2v) is 4.99. The number of nitrogens with zero attached hydrogens (tertiary/aromatic N) is 2. The van der Waals surface area contributed by atoms with Crippen LogP contribution in [0.2, 0.25) is 0 Å². The average Bonchev–Trinajstić information content (AvgIpc) is 2.40. The van der Waals surface area contributed by atoms with Gasteiger partial charge in [0.15, 0.2) is 0 Å². The minimum absolute atomic E-state index is 0.0802. The molecule has 0 aliphatic rings. The van der Waals surface area contributed by atoms with Gasteiger partial charge in [-0.3, -0.25) is 0 Å². The molecule has 0 radical (unpaired) electrons. The van der Waals surface area contributed by atoms with Gasteiger partial charge in [0.2, 0.25) is 5.82 Å². The number of rotatable bonds is 3. The maximum atomic E-state index is 12.7. The van der Waals surface area contributed by atoms with Crippen molar-refractivity contribution in [3.05, 3.63) is 41.7 Å². The molecule has 0 bridgehead atoms. The van der Waals surface area contributed by atoms with E-state index in [1.165, 1.54) is 6.07 Å². The molecule has 0 unspecified atom stereocenters. The van der Waals surface area contributed by atoms with Gasteiger partial charge in [-0.25, -0.2) is 15.8 Å². The maximum Gasteiger partial charge on any atom is 0.451 e. The van der Waals surface area contributed by atoms with E-state index in [-0.39, 0.29) is 10.8 Å². The van der Waals surface area contributed by atoms with Gasteiger partial charge in [0.25, 0.3) is 0 Å². The van der Waals surface area contributed by atoms with Crippen molar-refractivity contribution >= 4 is 17.6 Å². The van der Waals surface area contributed by atoms with Crippen LogP contribution in [0.4, 0.5) is 19.0 Å². The zero-order valence-corrected chi connectivity index (χ0v) is 11.2. The smallest absolute Gasteiger partial charge is 0.308 e. The van der Waals surface area contributed by atoms with Crippen LogP contribution in [0.15, 0.2) is 40.3 Å². The van der Waals surface area contributed by atoms with E-state index in [4.69, 9.17) is 5.84 Å². The Kier molecular flexibility index (Phi) is 4.15. The van der Waals surface area contributed by atoms with E-state index >= 15 is 0 Å². The molecule has 3 N–H and O–H groups in total. The monoisotopic (exact) mass is 300 g/mol. The van der Waals surface area contributed by atoms with E-state index in [1.807, 2.05) is 31.2 Å². The number of halogens is 3. The van der Waals surface area contributed by atoms with Crippen LogP contribution in [-0.2, 0) is 6.18 Å². The van der Waals surface area contributed by atoms with Gasteiger partial charge in [-0.15, -0.1) is 0 Å². The summed E-state index contributed by atoms with van der Waals surface area (Å²) in [6.07, 6.45) is -4.62. The highest BCUT2D eigenvalue weighted by atomic mass is 32.2. The average molecular weight is 300 g/mol. The lowest BCUT2D eigenvalue weighted by Gasteiger charge is -2.10. The molecular weight excluding hydrogens is 289 g/mol. The zero-order chi connectivity index (χ0) is 14.8. The molecule has 0 amide bonds. The van der Waals surface area contributed by atoms with Gasteiger partial charge in [0.05, 0.1) is 0 Å². The molecule has 0 aliphatic heterocycles. The summed E-state index contributed by atoms with van der Waals surface area (Å²) in [5, 5.41) is 0.176. The summed E-state index contributed by atoms with van der Waals surface area (Å²) < 4.78 is 38.1. The molecule has 2 aromatic rings. The fourth-order valence-electron chi connectivity index (χ4n) is 1.46. The number of hydrogen-bond acceptors (Lipinski definition) is 5. The van der Waals surface area contributed by atoms with Crippen molar-refractivity contribution in [2.24, 2.45) is 5.84 Å². The van der Waals surface area contributed by atoms with Gasteiger partial charge in [-0.05, 0) is 18.6 Å². The first kappa shape index (κ1) is 14.6. The highest BCUT2D eigenvalue weighted by Crippen LogP contribution is 2.33. The van der Waals surface area contributed by atoms with Crippen molar-refractivity contribution in [3.63, 3.8) is 0 Å². The summed E-state index contributed by atoms with van der Waals surface area (Å²) in [5.74, 6) is 3.84. The topological polar surface area (TPSA) is 63.8 Å². The third kappa shape index (κ3) is 3.40. The quantitative estimate of drug-likeness (QED) is 0.517. The Bertz CT molecular complexity index is 616. The van der Waals surface area contributed by atoms with Crippen LogP contribution in [-0.4, -0.2) is 9.97 Å². The summed E-state index contributed by atoms with van der Waals surface area (Å²) in [5.41, 5.74) is 3.07. The first-order chi connectivity index (χ1) is 9.40. The van der Waals surface area contributed by atoms with E-state index < -0.39 is 12.0 Å². The molecule has 0 saturated carbocycles. The molecule has 8 heteroatoms. The molecule has 20 heavy (non-hydrogen) atoms. The summed E-state index contributed by atoms with van der Waals surface area (Å²) in [7, 11) is 0. The van der Waals surface area contributed by atoms with Crippen molar-refractivity contribution in [2.45, 2.75) is 23.0 Å². The Morgan fingerprint density at radius 1 is 1.20 bits per heavy atom. The minimum Gasteiger partial charge on any atom is -0.308 e. The number of nitrogen functional groups attached to an aromatic ring is 1. The van der Waals surface area contributed by atoms with Crippen LogP contribution in [0.3, 0.4) is 0 Å². The predicted molar refractivity (Wildman–Crippen MR) is 70.1 cm³/mol. The maximum absolute atomic E-state index is 12.7. The number of aromatic nitrogens is 2. The highest BCUT2D eigenvalue weighted by Gasteiger charge is 2.35. The van der Waals surface area contributed by atoms with E-state index in [9.17, 15) is 13.2 Å². The van der Waals surface area contributed by atoms with Crippen molar-refractivity contribution in [3.8, 4) is 0 Å². The second kappa shape index (κ2) is 5.68. The number of hydrazine groups is 1.